The summed E-state index contributed by atoms with van der Waals surface area (Å²) in [4.78, 5) is 33.2. The number of H-pyrrole nitrogens is 1. The Kier molecular flexibility index (Phi) is 2.89. The van der Waals surface area contributed by atoms with Gasteiger partial charge in [-0.15, -0.1) is 0 Å². The van der Waals surface area contributed by atoms with E-state index in [1.54, 1.807) is 4.90 Å². The first-order valence-electron chi connectivity index (χ1n) is 6.57. The van der Waals surface area contributed by atoms with Crippen molar-refractivity contribution in [2.24, 2.45) is 0 Å². The van der Waals surface area contributed by atoms with Crippen LogP contribution in [0.2, 0.25) is 0 Å². The monoisotopic (exact) mass is 269 g/mol. The highest BCUT2D eigenvalue weighted by molar-refractivity contribution is 5.96. The Morgan fingerprint density at radius 2 is 1.90 bits per heavy atom. The van der Waals surface area contributed by atoms with Crippen molar-refractivity contribution in [2.45, 2.75) is 26.4 Å². The van der Waals surface area contributed by atoms with Crippen molar-refractivity contribution in [3.8, 4) is 11.4 Å². The molecule has 5 nitrogen and oxygen atoms in total. The van der Waals surface area contributed by atoms with Crippen LogP contribution in [0.25, 0.3) is 11.4 Å². The van der Waals surface area contributed by atoms with Gasteiger partial charge in [0.25, 0.3) is 11.5 Å². The molecule has 0 spiro atoms. The van der Waals surface area contributed by atoms with Crippen molar-refractivity contribution in [2.75, 3.05) is 0 Å². The number of rotatable bonds is 2. The molecule has 0 bridgehead atoms. The van der Waals surface area contributed by atoms with Gasteiger partial charge >= 0.3 is 0 Å². The fraction of sp³-hybridized carbons (Fsp3) is 0.267. The molecule has 1 amide bonds. The van der Waals surface area contributed by atoms with Gasteiger partial charge < -0.3 is 9.88 Å². The summed E-state index contributed by atoms with van der Waals surface area (Å²) in [5, 5.41) is 0. The zero-order valence-electron chi connectivity index (χ0n) is 11.4. The van der Waals surface area contributed by atoms with Gasteiger partial charge in [-0.3, -0.25) is 9.59 Å². The highest BCUT2D eigenvalue weighted by Gasteiger charge is 2.33. The molecule has 0 fully saturated rings. The van der Waals surface area contributed by atoms with E-state index in [1.807, 2.05) is 44.2 Å². The first-order valence-corrected chi connectivity index (χ1v) is 6.57. The standard InChI is InChI=1S/C15H15N3O2/c1-9(2)18-8-11-12(15(18)20)16-13(17-14(11)19)10-6-4-3-5-7-10/h3-7,9H,8H2,1-2H3,(H,16,17,19). The number of amides is 1. The van der Waals surface area contributed by atoms with Crippen molar-refractivity contribution in [1.29, 1.82) is 0 Å². The number of benzene rings is 1. The van der Waals surface area contributed by atoms with E-state index in [-0.39, 0.29) is 23.2 Å². The highest BCUT2D eigenvalue weighted by Crippen LogP contribution is 2.22. The second-order valence-electron chi connectivity index (χ2n) is 5.13. The molecule has 0 saturated carbocycles. The maximum Gasteiger partial charge on any atom is 0.273 e. The number of nitrogens with one attached hydrogen (secondary N) is 1. The summed E-state index contributed by atoms with van der Waals surface area (Å²) in [6.45, 7) is 4.19. The van der Waals surface area contributed by atoms with E-state index in [1.165, 1.54) is 0 Å². The van der Waals surface area contributed by atoms with E-state index in [4.69, 9.17) is 0 Å². The van der Waals surface area contributed by atoms with Crippen LogP contribution in [-0.2, 0) is 6.54 Å². The summed E-state index contributed by atoms with van der Waals surface area (Å²) in [6, 6.07) is 9.38. The second kappa shape index (κ2) is 4.59. The average Bonchev–Trinajstić information content (AvgIpc) is 2.78. The lowest BCUT2D eigenvalue weighted by atomic mass is 10.2. The molecule has 1 aliphatic rings. The lowest BCUT2D eigenvalue weighted by Crippen LogP contribution is -2.31. The molecule has 2 aromatic rings. The Hall–Kier alpha value is -2.43. The smallest absolute Gasteiger partial charge is 0.273 e. The Bertz CT molecular complexity index is 720. The van der Waals surface area contributed by atoms with Crippen LogP contribution in [-0.4, -0.2) is 26.8 Å². The van der Waals surface area contributed by atoms with Crippen molar-refractivity contribution in [3.63, 3.8) is 0 Å². The minimum absolute atomic E-state index is 0.0521. The van der Waals surface area contributed by atoms with Crippen LogP contribution in [0, 0.1) is 0 Å². The zero-order chi connectivity index (χ0) is 14.3. The largest absolute Gasteiger partial charge is 0.330 e. The molecule has 0 saturated heterocycles. The number of carbonyl (C=O) groups is 1. The van der Waals surface area contributed by atoms with Gasteiger partial charge in [-0.25, -0.2) is 4.98 Å². The fourth-order valence-electron chi connectivity index (χ4n) is 2.35. The summed E-state index contributed by atoms with van der Waals surface area (Å²) >= 11 is 0. The molecule has 0 unspecified atom stereocenters. The number of nitrogens with zero attached hydrogens (tertiary/aromatic N) is 2. The van der Waals surface area contributed by atoms with E-state index >= 15 is 0 Å². The number of fused-ring (bicyclic) bond motifs is 1. The first kappa shape index (κ1) is 12.6. The van der Waals surface area contributed by atoms with Gasteiger partial charge in [0.1, 0.15) is 11.5 Å². The van der Waals surface area contributed by atoms with E-state index in [9.17, 15) is 9.59 Å². The van der Waals surface area contributed by atoms with Gasteiger partial charge in [0.05, 0.1) is 12.1 Å². The minimum Gasteiger partial charge on any atom is -0.330 e. The van der Waals surface area contributed by atoms with Gasteiger partial charge in [-0.05, 0) is 13.8 Å². The Labute approximate surface area is 116 Å². The number of carbonyl (C=O) groups excluding carboxylic acids is 1. The van der Waals surface area contributed by atoms with Gasteiger partial charge in [0.15, 0.2) is 0 Å². The SMILES string of the molecule is CC(C)N1Cc2c(nc(-c3ccccc3)[nH]c2=O)C1=O. The predicted molar refractivity (Wildman–Crippen MR) is 75.3 cm³/mol. The van der Waals surface area contributed by atoms with Crippen molar-refractivity contribution in [3.05, 3.63) is 51.9 Å². The van der Waals surface area contributed by atoms with Crippen LogP contribution in [0.15, 0.2) is 35.1 Å². The predicted octanol–water partition coefficient (Wildman–Crippen LogP) is 1.80. The topological polar surface area (TPSA) is 66.1 Å². The molecule has 3 rings (SSSR count). The molecule has 0 radical (unpaired) electrons. The third kappa shape index (κ3) is 1.91. The van der Waals surface area contributed by atoms with Crippen molar-refractivity contribution >= 4 is 5.91 Å². The molecule has 0 aliphatic carbocycles. The maximum atomic E-state index is 12.3. The summed E-state index contributed by atoms with van der Waals surface area (Å²) in [6.07, 6.45) is 0. The molecular weight excluding hydrogens is 254 g/mol. The third-order valence-electron chi connectivity index (χ3n) is 3.48. The van der Waals surface area contributed by atoms with E-state index in [0.717, 1.165) is 5.56 Å². The first-order chi connectivity index (χ1) is 9.58. The quantitative estimate of drug-likeness (QED) is 0.904. The molecular formula is C15H15N3O2. The van der Waals surface area contributed by atoms with Gasteiger partial charge in [0, 0.05) is 11.6 Å². The molecule has 1 aromatic carbocycles. The molecule has 1 aliphatic heterocycles. The van der Waals surface area contributed by atoms with Crippen LogP contribution in [0.5, 0.6) is 0 Å². The van der Waals surface area contributed by atoms with Crippen LogP contribution in [0.1, 0.15) is 29.9 Å². The molecule has 0 atom stereocenters. The Morgan fingerprint density at radius 3 is 2.55 bits per heavy atom. The third-order valence-corrected chi connectivity index (χ3v) is 3.48. The lowest BCUT2D eigenvalue weighted by Gasteiger charge is -2.19. The zero-order valence-corrected chi connectivity index (χ0v) is 11.4. The number of hydrogen-bond donors (Lipinski definition) is 1. The average molecular weight is 269 g/mol. The summed E-state index contributed by atoms with van der Waals surface area (Å²) < 4.78 is 0. The van der Waals surface area contributed by atoms with Gasteiger partial charge in [-0.2, -0.15) is 0 Å². The van der Waals surface area contributed by atoms with E-state index in [0.29, 0.717) is 17.9 Å². The Balaban J connectivity index is 2.12. The normalized spacial score (nSPS) is 13.9. The van der Waals surface area contributed by atoms with E-state index < -0.39 is 0 Å². The van der Waals surface area contributed by atoms with Crippen LogP contribution >= 0.6 is 0 Å². The fourth-order valence-corrected chi connectivity index (χ4v) is 2.35. The van der Waals surface area contributed by atoms with Crippen LogP contribution < -0.4 is 5.56 Å². The number of aromatic nitrogens is 2. The van der Waals surface area contributed by atoms with Crippen LogP contribution in [0.3, 0.4) is 0 Å². The van der Waals surface area contributed by atoms with E-state index in [2.05, 4.69) is 9.97 Å². The van der Waals surface area contributed by atoms with Gasteiger partial charge in [0.2, 0.25) is 0 Å². The lowest BCUT2D eigenvalue weighted by molar-refractivity contribution is 0.0726. The van der Waals surface area contributed by atoms with Crippen molar-refractivity contribution in [1.82, 2.24) is 14.9 Å². The maximum absolute atomic E-state index is 12.3. The Morgan fingerprint density at radius 1 is 1.20 bits per heavy atom. The molecule has 1 aromatic heterocycles. The molecule has 20 heavy (non-hydrogen) atoms. The summed E-state index contributed by atoms with van der Waals surface area (Å²) in [7, 11) is 0. The van der Waals surface area contributed by atoms with Gasteiger partial charge in [-0.1, -0.05) is 30.3 Å². The molecule has 2 heterocycles. The molecule has 5 heteroatoms. The summed E-state index contributed by atoms with van der Waals surface area (Å²) in [5.41, 5.74) is 1.30. The van der Waals surface area contributed by atoms with Crippen molar-refractivity contribution < 1.29 is 4.79 Å². The number of hydrogen-bond acceptors (Lipinski definition) is 3. The summed E-state index contributed by atoms with van der Waals surface area (Å²) in [5.74, 6) is 0.270. The molecule has 1 N–H and O–H groups in total. The van der Waals surface area contributed by atoms with Crippen LogP contribution in [0.4, 0.5) is 0 Å². The number of aromatic amines is 1. The minimum atomic E-state index is -0.231. The highest BCUT2D eigenvalue weighted by atomic mass is 16.2. The molecule has 102 valence electrons. The second-order valence-corrected chi connectivity index (χ2v) is 5.13.